The summed E-state index contributed by atoms with van der Waals surface area (Å²) in [6, 6.07) is 0. The van der Waals surface area contributed by atoms with Gasteiger partial charge >= 0.3 is 0 Å². The molecule has 0 atom stereocenters. The standard InChI is InChI=1S/C20H43N/c1-4-7-9-11-12-13-14-15-16-18-20-21(6-3)19-17-10-8-5-2/h4-20H2,1-3H3. The van der Waals surface area contributed by atoms with Gasteiger partial charge in [-0.25, -0.2) is 0 Å². The number of nitrogens with zero attached hydrogens (tertiary/aromatic N) is 1. The van der Waals surface area contributed by atoms with Crippen molar-refractivity contribution in [2.75, 3.05) is 19.6 Å². The Morgan fingerprint density at radius 1 is 0.429 bits per heavy atom. The first-order valence-electron chi connectivity index (χ1n) is 10.1. The van der Waals surface area contributed by atoms with Crippen LogP contribution in [-0.2, 0) is 0 Å². The number of unbranched alkanes of at least 4 members (excludes halogenated alkanes) is 12. The van der Waals surface area contributed by atoms with Crippen LogP contribution in [0.2, 0.25) is 0 Å². The molecule has 0 unspecified atom stereocenters. The molecule has 0 aromatic heterocycles. The highest BCUT2D eigenvalue weighted by molar-refractivity contribution is 4.57. The van der Waals surface area contributed by atoms with Gasteiger partial charge in [-0.15, -0.1) is 0 Å². The Bertz CT molecular complexity index is 179. The van der Waals surface area contributed by atoms with Gasteiger partial charge in [0.2, 0.25) is 0 Å². The Morgan fingerprint density at radius 3 is 1.14 bits per heavy atom. The van der Waals surface area contributed by atoms with Crippen LogP contribution in [-0.4, -0.2) is 24.5 Å². The predicted octanol–water partition coefficient (Wildman–Crippen LogP) is 6.81. The fraction of sp³-hybridized carbons (Fsp3) is 1.00. The van der Waals surface area contributed by atoms with Crippen molar-refractivity contribution in [3.05, 3.63) is 0 Å². The maximum absolute atomic E-state index is 2.65. The van der Waals surface area contributed by atoms with Crippen LogP contribution in [0, 0.1) is 0 Å². The summed E-state index contributed by atoms with van der Waals surface area (Å²) < 4.78 is 0. The SMILES string of the molecule is CCCCCCCCCCCCN(CC)CCCCCC. The molecule has 0 amide bonds. The highest BCUT2D eigenvalue weighted by Crippen LogP contribution is 2.11. The van der Waals surface area contributed by atoms with E-state index < -0.39 is 0 Å². The fourth-order valence-corrected chi connectivity index (χ4v) is 3.01. The molecule has 0 rings (SSSR count). The molecule has 0 spiro atoms. The van der Waals surface area contributed by atoms with Crippen LogP contribution in [0.4, 0.5) is 0 Å². The first kappa shape index (κ1) is 21.0. The summed E-state index contributed by atoms with van der Waals surface area (Å²) >= 11 is 0. The van der Waals surface area contributed by atoms with E-state index in [-0.39, 0.29) is 0 Å². The van der Waals surface area contributed by atoms with Crippen molar-refractivity contribution < 1.29 is 0 Å². The normalized spacial score (nSPS) is 11.4. The van der Waals surface area contributed by atoms with Crippen LogP contribution in [0.15, 0.2) is 0 Å². The summed E-state index contributed by atoms with van der Waals surface area (Å²) in [5.41, 5.74) is 0. The van der Waals surface area contributed by atoms with E-state index in [0.717, 1.165) is 0 Å². The summed E-state index contributed by atoms with van der Waals surface area (Å²) in [4.78, 5) is 2.65. The zero-order chi connectivity index (χ0) is 15.6. The van der Waals surface area contributed by atoms with Crippen LogP contribution in [0.3, 0.4) is 0 Å². The van der Waals surface area contributed by atoms with Gasteiger partial charge in [-0.3, -0.25) is 0 Å². The van der Waals surface area contributed by atoms with Crippen molar-refractivity contribution in [3.63, 3.8) is 0 Å². The summed E-state index contributed by atoms with van der Waals surface area (Å²) in [6.45, 7) is 10.8. The molecule has 0 saturated carbocycles. The molecule has 0 aromatic rings. The van der Waals surface area contributed by atoms with Crippen molar-refractivity contribution >= 4 is 0 Å². The van der Waals surface area contributed by atoms with Gasteiger partial charge in [-0.05, 0) is 32.5 Å². The van der Waals surface area contributed by atoms with E-state index in [0.29, 0.717) is 0 Å². The smallest absolute Gasteiger partial charge is 0.00189 e. The van der Waals surface area contributed by atoms with E-state index in [1.165, 1.54) is 110 Å². The predicted molar refractivity (Wildman–Crippen MR) is 98.1 cm³/mol. The van der Waals surface area contributed by atoms with Crippen molar-refractivity contribution in [2.45, 2.75) is 111 Å². The zero-order valence-corrected chi connectivity index (χ0v) is 15.5. The van der Waals surface area contributed by atoms with Crippen LogP contribution in [0.1, 0.15) is 111 Å². The average molecular weight is 298 g/mol. The Balaban J connectivity index is 3.23. The molecule has 21 heavy (non-hydrogen) atoms. The van der Waals surface area contributed by atoms with Crippen molar-refractivity contribution in [3.8, 4) is 0 Å². The first-order chi connectivity index (χ1) is 10.3. The lowest BCUT2D eigenvalue weighted by Gasteiger charge is -2.20. The third-order valence-electron chi connectivity index (χ3n) is 4.60. The van der Waals surface area contributed by atoms with Gasteiger partial charge in [0, 0.05) is 0 Å². The molecule has 0 aliphatic carbocycles. The fourth-order valence-electron chi connectivity index (χ4n) is 3.01. The Morgan fingerprint density at radius 2 is 0.762 bits per heavy atom. The Hall–Kier alpha value is -0.0400. The van der Waals surface area contributed by atoms with Crippen molar-refractivity contribution in [1.82, 2.24) is 4.90 Å². The topological polar surface area (TPSA) is 3.24 Å². The lowest BCUT2D eigenvalue weighted by atomic mass is 10.1. The van der Waals surface area contributed by atoms with Gasteiger partial charge in [0.05, 0.1) is 0 Å². The second-order valence-corrected chi connectivity index (χ2v) is 6.68. The minimum absolute atomic E-state index is 1.24. The first-order valence-corrected chi connectivity index (χ1v) is 10.1. The lowest BCUT2D eigenvalue weighted by Crippen LogP contribution is -2.25. The van der Waals surface area contributed by atoms with E-state index in [1.807, 2.05) is 0 Å². The molecule has 0 bridgehead atoms. The lowest BCUT2D eigenvalue weighted by molar-refractivity contribution is 0.273. The molecule has 128 valence electrons. The Labute approximate surface area is 135 Å². The molecule has 1 nitrogen and oxygen atoms in total. The molecule has 0 N–H and O–H groups in total. The van der Waals surface area contributed by atoms with Crippen LogP contribution in [0.5, 0.6) is 0 Å². The van der Waals surface area contributed by atoms with Gasteiger partial charge in [0.1, 0.15) is 0 Å². The molecular formula is C20H43N. The van der Waals surface area contributed by atoms with Crippen LogP contribution in [0.25, 0.3) is 0 Å². The van der Waals surface area contributed by atoms with Gasteiger partial charge < -0.3 is 4.90 Å². The number of hydrogen-bond donors (Lipinski definition) is 0. The molecular weight excluding hydrogens is 254 g/mol. The molecule has 0 fully saturated rings. The quantitative estimate of drug-likeness (QED) is 0.266. The zero-order valence-electron chi connectivity index (χ0n) is 15.5. The van der Waals surface area contributed by atoms with Gasteiger partial charge in [-0.1, -0.05) is 97.8 Å². The summed E-state index contributed by atoms with van der Waals surface area (Å²) in [5, 5.41) is 0. The van der Waals surface area contributed by atoms with Gasteiger partial charge in [0.25, 0.3) is 0 Å². The summed E-state index contributed by atoms with van der Waals surface area (Å²) in [7, 11) is 0. The van der Waals surface area contributed by atoms with Crippen molar-refractivity contribution in [2.24, 2.45) is 0 Å². The van der Waals surface area contributed by atoms with E-state index in [2.05, 4.69) is 25.7 Å². The maximum Gasteiger partial charge on any atom is -0.00189 e. The second-order valence-electron chi connectivity index (χ2n) is 6.68. The van der Waals surface area contributed by atoms with Gasteiger partial charge in [-0.2, -0.15) is 0 Å². The minimum Gasteiger partial charge on any atom is -0.304 e. The summed E-state index contributed by atoms with van der Waals surface area (Å²) in [6.07, 6.45) is 20.0. The second kappa shape index (κ2) is 18.0. The highest BCUT2D eigenvalue weighted by atomic mass is 15.1. The van der Waals surface area contributed by atoms with E-state index in [4.69, 9.17) is 0 Å². The molecule has 0 aliphatic heterocycles. The van der Waals surface area contributed by atoms with E-state index in [9.17, 15) is 0 Å². The third-order valence-corrected chi connectivity index (χ3v) is 4.60. The molecule has 0 aliphatic rings. The molecule has 0 radical (unpaired) electrons. The molecule has 0 heterocycles. The van der Waals surface area contributed by atoms with Gasteiger partial charge in [0.15, 0.2) is 0 Å². The largest absolute Gasteiger partial charge is 0.304 e. The monoisotopic (exact) mass is 297 g/mol. The van der Waals surface area contributed by atoms with E-state index >= 15 is 0 Å². The minimum atomic E-state index is 1.24. The third kappa shape index (κ3) is 16.2. The van der Waals surface area contributed by atoms with Crippen LogP contribution < -0.4 is 0 Å². The number of rotatable bonds is 17. The molecule has 0 saturated heterocycles. The maximum atomic E-state index is 2.65. The Kier molecular flexibility index (Phi) is 18.0. The van der Waals surface area contributed by atoms with E-state index in [1.54, 1.807) is 0 Å². The van der Waals surface area contributed by atoms with Crippen molar-refractivity contribution in [1.29, 1.82) is 0 Å². The molecule has 0 aromatic carbocycles. The molecule has 1 heteroatoms. The van der Waals surface area contributed by atoms with Crippen LogP contribution >= 0.6 is 0 Å². The average Bonchev–Trinajstić information content (AvgIpc) is 2.51. The number of hydrogen-bond acceptors (Lipinski definition) is 1. The highest BCUT2D eigenvalue weighted by Gasteiger charge is 2.01. The summed E-state index contributed by atoms with van der Waals surface area (Å²) in [5.74, 6) is 0.